The van der Waals surface area contributed by atoms with Crippen molar-refractivity contribution in [2.24, 2.45) is 5.92 Å². The molecule has 3 aromatic rings. The molecule has 0 unspecified atom stereocenters. The number of nitrogens with one attached hydrogen (secondary N) is 1. The van der Waals surface area contributed by atoms with Gasteiger partial charge in [0.25, 0.3) is 0 Å². The van der Waals surface area contributed by atoms with Crippen molar-refractivity contribution in [2.75, 3.05) is 32.1 Å². The number of hydrogen-bond donors (Lipinski definition) is 1. The van der Waals surface area contributed by atoms with E-state index in [1.54, 1.807) is 4.90 Å². The van der Waals surface area contributed by atoms with E-state index in [4.69, 9.17) is 0 Å². The molecule has 2 aromatic carbocycles. The maximum Gasteiger partial charge on any atom is 0.242 e. The molecule has 6 nitrogen and oxygen atoms in total. The fourth-order valence-corrected chi connectivity index (χ4v) is 5.58. The van der Waals surface area contributed by atoms with Gasteiger partial charge in [-0.05, 0) is 61.9 Å². The highest BCUT2D eigenvalue weighted by Crippen LogP contribution is 2.29. The zero-order valence-electron chi connectivity index (χ0n) is 23.6. The number of para-hydroxylation sites is 1. The second kappa shape index (κ2) is 13.0. The second-order valence-corrected chi connectivity index (χ2v) is 11.3. The van der Waals surface area contributed by atoms with E-state index in [-0.39, 0.29) is 24.4 Å². The van der Waals surface area contributed by atoms with E-state index in [9.17, 15) is 9.59 Å². The van der Waals surface area contributed by atoms with Crippen LogP contribution in [0.4, 0.5) is 5.69 Å². The van der Waals surface area contributed by atoms with Crippen molar-refractivity contribution in [3.8, 4) is 0 Å². The number of hydrogen-bond acceptors (Lipinski definition) is 3. The summed E-state index contributed by atoms with van der Waals surface area (Å²) in [4.78, 5) is 36.1. The van der Waals surface area contributed by atoms with E-state index in [0.29, 0.717) is 25.4 Å². The van der Waals surface area contributed by atoms with Crippen molar-refractivity contribution in [1.29, 1.82) is 0 Å². The number of H-pyrrole nitrogens is 1. The van der Waals surface area contributed by atoms with Crippen LogP contribution in [-0.4, -0.2) is 59.8 Å². The zero-order valence-corrected chi connectivity index (χ0v) is 23.6. The molecule has 1 saturated carbocycles. The summed E-state index contributed by atoms with van der Waals surface area (Å²) in [7, 11) is 4.05. The first-order valence-electron chi connectivity index (χ1n) is 14.2. The number of aromatic amines is 1. The third kappa shape index (κ3) is 7.18. The standard InChI is InChI=1S/C32H44N4O2/c1-24(2)36(31(37)18-15-25-9-5-6-10-25)23-32(38)35(22-26-13-16-28(17-14-26)34(3)4)20-19-27-21-33-30-12-8-7-11-29(27)30/h7-8,11-14,16-17,21,24-25,33H,5-6,9-10,15,18-20,22-23H2,1-4H3. The van der Waals surface area contributed by atoms with Crippen LogP contribution >= 0.6 is 0 Å². The van der Waals surface area contributed by atoms with Gasteiger partial charge in [-0.25, -0.2) is 0 Å². The van der Waals surface area contributed by atoms with Crippen molar-refractivity contribution in [3.63, 3.8) is 0 Å². The summed E-state index contributed by atoms with van der Waals surface area (Å²) < 4.78 is 0. The van der Waals surface area contributed by atoms with Gasteiger partial charge in [-0.3, -0.25) is 9.59 Å². The van der Waals surface area contributed by atoms with Gasteiger partial charge in [-0.1, -0.05) is 56.0 Å². The molecule has 0 aliphatic heterocycles. The van der Waals surface area contributed by atoms with Gasteiger partial charge in [-0.15, -0.1) is 0 Å². The molecule has 2 amide bonds. The maximum absolute atomic E-state index is 13.7. The van der Waals surface area contributed by atoms with Crippen molar-refractivity contribution in [1.82, 2.24) is 14.8 Å². The average Bonchev–Trinajstić information content (AvgIpc) is 3.58. The van der Waals surface area contributed by atoms with Crippen LogP contribution in [0.2, 0.25) is 0 Å². The average molecular weight is 517 g/mol. The minimum absolute atomic E-state index is 0.00411. The van der Waals surface area contributed by atoms with Gasteiger partial charge in [0.1, 0.15) is 0 Å². The maximum atomic E-state index is 13.7. The molecular formula is C32H44N4O2. The molecule has 204 valence electrons. The van der Waals surface area contributed by atoms with Gasteiger partial charge < -0.3 is 19.7 Å². The zero-order chi connectivity index (χ0) is 27.1. The fourth-order valence-electron chi connectivity index (χ4n) is 5.58. The molecule has 0 spiro atoms. The number of amides is 2. The molecule has 0 bridgehead atoms. The Balaban J connectivity index is 1.47. The second-order valence-electron chi connectivity index (χ2n) is 11.3. The van der Waals surface area contributed by atoms with E-state index in [2.05, 4.69) is 46.3 Å². The van der Waals surface area contributed by atoms with Crippen molar-refractivity contribution in [3.05, 3.63) is 65.9 Å². The van der Waals surface area contributed by atoms with Gasteiger partial charge in [0, 0.05) is 62.4 Å². The third-order valence-corrected chi connectivity index (χ3v) is 8.00. The van der Waals surface area contributed by atoms with Crippen LogP contribution < -0.4 is 4.90 Å². The monoisotopic (exact) mass is 516 g/mol. The molecule has 0 atom stereocenters. The number of nitrogens with zero attached hydrogens (tertiary/aromatic N) is 3. The van der Waals surface area contributed by atoms with Crippen LogP contribution in [0.5, 0.6) is 0 Å². The van der Waals surface area contributed by atoms with Crippen LogP contribution in [0.3, 0.4) is 0 Å². The number of anilines is 1. The van der Waals surface area contributed by atoms with E-state index in [1.165, 1.54) is 36.6 Å². The van der Waals surface area contributed by atoms with Crippen molar-refractivity contribution < 1.29 is 9.59 Å². The molecular weight excluding hydrogens is 472 g/mol. The number of aromatic nitrogens is 1. The van der Waals surface area contributed by atoms with E-state index in [0.717, 1.165) is 29.6 Å². The SMILES string of the molecule is CC(C)N(CC(=O)N(CCc1c[nH]c2ccccc12)Cc1ccc(N(C)C)cc1)C(=O)CCC1CCCC1. The number of rotatable bonds is 12. The molecule has 4 rings (SSSR count). The number of benzene rings is 2. The van der Waals surface area contributed by atoms with Crippen molar-refractivity contribution >= 4 is 28.4 Å². The molecule has 1 N–H and O–H groups in total. The first-order chi connectivity index (χ1) is 18.3. The molecule has 6 heteroatoms. The summed E-state index contributed by atoms with van der Waals surface area (Å²) in [5.74, 6) is 0.776. The Hall–Kier alpha value is -3.28. The largest absolute Gasteiger partial charge is 0.378 e. The Morgan fingerprint density at radius 2 is 1.68 bits per heavy atom. The summed E-state index contributed by atoms with van der Waals surface area (Å²) in [5, 5.41) is 1.20. The van der Waals surface area contributed by atoms with E-state index in [1.807, 2.05) is 51.2 Å². The van der Waals surface area contributed by atoms with Crippen molar-refractivity contribution in [2.45, 2.75) is 71.4 Å². The molecule has 0 saturated heterocycles. The lowest BCUT2D eigenvalue weighted by atomic mass is 10.0. The van der Waals surface area contributed by atoms with E-state index < -0.39 is 0 Å². The predicted molar refractivity (Wildman–Crippen MR) is 156 cm³/mol. The Labute approximate surface area is 228 Å². The smallest absolute Gasteiger partial charge is 0.242 e. The number of carbonyl (C=O) groups is 2. The number of carbonyl (C=O) groups excluding carboxylic acids is 2. The Morgan fingerprint density at radius 1 is 0.974 bits per heavy atom. The summed E-state index contributed by atoms with van der Waals surface area (Å²) in [6.45, 7) is 5.27. The lowest BCUT2D eigenvalue weighted by molar-refractivity contribution is -0.142. The van der Waals surface area contributed by atoms with Crippen LogP contribution in [0.25, 0.3) is 10.9 Å². The highest BCUT2D eigenvalue weighted by Gasteiger charge is 2.25. The topological polar surface area (TPSA) is 59.7 Å². The first-order valence-corrected chi connectivity index (χ1v) is 14.2. The lowest BCUT2D eigenvalue weighted by Gasteiger charge is -2.30. The summed E-state index contributed by atoms with van der Waals surface area (Å²) in [6.07, 6.45) is 9.33. The Morgan fingerprint density at radius 3 is 2.37 bits per heavy atom. The number of fused-ring (bicyclic) bond motifs is 1. The van der Waals surface area contributed by atoms with Gasteiger partial charge in [-0.2, -0.15) is 0 Å². The molecule has 1 aromatic heterocycles. The van der Waals surface area contributed by atoms with Gasteiger partial charge in [0.2, 0.25) is 11.8 Å². The predicted octanol–water partition coefficient (Wildman–Crippen LogP) is 6.01. The summed E-state index contributed by atoms with van der Waals surface area (Å²) >= 11 is 0. The summed E-state index contributed by atoms with van der Waals surface area (Å²) in [6, 6.07) is 16.6. The van der Waals surface area contributed by atoms with Gasteiger partial charge in [0.05, 0.1) is 6.54 Å². The lowest BCUT2D eigenvalue weighted by Crippen LogP contribution is -2.46. The minimum atomic E-state index is -0.00938. The van der Waals surface area contributed by atoms with Crippen LogP contribution in [0.15, 0.2) is 54.7 Å². The van der Waals surface area contributed by atoms with Crippen LogP contribution in [0.1, 0.15) is 63.5 Å². The fraction of sp³-hybridized carbons (Fsp3) is 0.500. The van der Waals surface area contributed by atoms with E-state index >= 15 is 0 Å². The third-order valence-electron chi connectivity index (χ3n) is 8.00. The minimum Gasteiger partial charge on any atom is -0.378 e. The first kappa shape index (κ1) is 27.7. The van der Waals surface area contributed by atoms with Crippen LogP contribution in [0, 0.1) is 5.92 Å². The van der Waals surface area contributed by atoms with Gasteiger partial charge >= 0.3 is 0 Å². The normalized spacial score (nSPS) is 13.8. The molecule has 1 aliphatic rings. The summed E-state index contributed by atoms with van der Waals surface area (Å²) in [5.41, 5.74) is 4.53. The molecule has 1 fully saturated rings. The Kier molecular flexibility index (Phi) is 9.48. The molecule has 1 heterocycles. The molecule has 0 radical (unpaired) electrons. The molecule has 38 heavy (non-hydrogen) atoms. The quantitative estimate of drug-likeness (QED) is 0.321. The highest BCUT2D eigenvalue weighted by molar-refractivity contribution is 5.85. The highest BCUT2D eigenvalue weighted by atomic mass is 16.2. The van der Waals surface area contributed by atoms with Crippen LogP contribution in [-0.2, 0) is 22.6 Å². The molecule has 1 aliphatic carbocycles. The Bertz CT molecular complexity index is 1190. The van der Waals surface area contributed by atoms with Gasteiger partial charge in [0.15, 0.2) is 0 Å².